The van der Waals surface area contributed by atoms with Crippen LogP contribution in [0.1, 0.15) is 13.3 Å². The fraction of sp³-hybridized carbons (Fsp3) is 0.636. The van der Waals surface area contributed by atoms with E-state index in [9.17, 15) is 9.59 Å². The summed E-state index contributed by atoms with van der Waals surface area (Å²) in [5.41, 5.74) is -0.833. The molecular weight excluding hydrogens is 224 g/mol. The SMILES string of the molecule is C[C@H]1C[C@@H](CO)O[C@H]1Cn1ccc(=O)[nH]c1=O. The van der Waals surface area contributed by atoms with Crippen LogP contribution in [0.3, 0.4) is 0 Å². The second-order valence-corrected chi connectivity index (χ2v) is 4.45. The van der Waals surface area contributed by atoms with Gasteiger partial charge in [-0.15, -0.1) is 0 Å². The average molecular weight is 240 g/mol. The number of ether oxygens (including phenoxy) is 1. The second kappa shape index (κ2) is 4.85. The summed E-state index contributed by atoms with van der Waals surface area (Å²) in [6, 6.07) is 1.31. The predicted octanol–water partition coefficient (Wildman–Crippen LogP) is -0.677. The summed E-state index contributed by atoms with van der Waals surface area (Å²) < 4.78 is 7.03. The van der Waals surface area contributed by atoms with Crippen LogP contribution in [0.25, 0.3) is 0 Å². The lowest BCUT2D eigenvalue weighted by Gasteiger charge is -2.16. The highest BCUT2D eigenvalue weighted by molar-refractivity contribution is 4.86. The van der Waals surface area contributed by atoms with Crippen LogP contribution >= 0.6 is 0 Å². The number of H-pyrrole nitrogens is 1. The quantitative estimate of drug-likeness (QED) is 0.733. The first-order chi connectivity index (χ1) is 8.10. The van der Waals surface area contributed by atoms with Gasteiger partial charge in [-0.25, -0.2) is 4.79 Å². The van der Waals surface area contributed by atoms with Crippen molar-refractivity contribution < 1.29 is 9.84 Å². The van der Waals surface area contributed by atoms with E-state index in [1.807, 2.05) is 6.92 Å². The number of nitrogens with one attached hydrogen (secondary N) is 1. The Labute approximate surface area is 97.9 Å². The normalized spacial score (nSPS) is 28.5. The molecule has 0 saturated carbocycles. The number of aliphatic hydroxyl groups is 1. The van der Waals surface area contributed by atoms with Crippen LogP contribution in [0.4, 0.5) is 0 Å². The van der Waals surface area contributed by atoms with Crippen molar-refractivity contribution in [3.63, 3.8) is 0 Å². The third-order valence-corrected chi connectivity index (χ3v) is 3.11. The van der Waals surface area contributed by atoms with E-state index >= 15 is 0 Å². The summed E-state index contributed by atoms with van der Waals surface area (Å²) >= 11 is 0. The van der Waals surface area contributed by atoms with Gasteiger partial charge in [-0.3, -0.25) is 14.3 Å². The van der Waals surface area contributed by atoms with Crippen LogP contribution in [0, 0.1) is 5.92 Å². The van der Waals surface area contributed by atoms with Crippen molar-refractivity contribution in [2.75, 3.05) is 6.61 Å². The number of hydrogen-bond donors (Lipinski definition) is 2. The molecule has 0 unspecified atom stereocenters. The summed E-state index contributed by atoms with van der Waals surface area (Å²) in [5.74, 6) is 0.283. The molecular formula is C11H16N2O4. The van der Waals surface area contributed by atoms with Crippen LogP contribution in [-0.4, -0.2) is 33.5 Å². The van der Waals surface area contributed by atoms with Crippen molar-refractivity contribution in [3.05, 3.63) is 33.1 Å². The molecule has 1 aliphatic rings. The summed E-state index contributed by atoms with van der Waals surface area (Å²) in [4.78, 5) is 24.6. The van der Waals surface area contributed by atoms with Crippen LogP contribution < -0.4 is 11.2 Å². The van der Waals surface area contributed by atoms with Crippen LogP contribution in [0.5, 0.6) is 0 Å². The highest BCUT2D eigenvalue weighted by atomic mass is 16.5. The summed E-state index contributed by atoms with van der Waals surface area (Å²) in [6.45, 7) is 2.42. The van der Waals surface area contributed by atoms with Gasteiger partial charge in [-0.2, -0.15) is 0 Å². The highest BCUT2D eigenvalue weighted by Crippen LogP contribution is 2.26. The number of aromatic amines is 1. The molecule has 0 aliphatic carbocycles. The molecule has 1 aliphatic heterocycles. The molecule has 94 valence electrons. The molecule has 6 heteroatoms. The summed E-state index contributed by atoms with van der Waals surface area (Å²) in [6.07, 6.45) is 2.01. The molecule has 0 spiro atoms. The molecule has 0 bridgehead atoms. The van der Waals surface area contributed by atoms with Gasteiger partial charge in [-0.05, 0) is 12.3 Å². The minimum absolute atomic E-state index is 0.00135. The molecule has 1 aromatic heterocycles. The van der Waals surface area contributed by atoms with Crippen molar-refractivity contribution in [3.8, 4) is 0 Å². The Morgan fingerprint density at radius 3 is 2.94 bits per heavy atom. The van der Waals surface area contributed by atoms with Gasteiger partial charge in [0.25, 0.3) is 5.56 Å². The number of aromatic nitrogens is 2. The van der Waals surface area contributed by atoms with Gasteiger partial charge in [0.2, 0.25) is 0 Å². The largest absolute Gasteiger partial charge is 0.394 e. The van der Waals surface area contributed by atoms with Crippen molar-refractivity contribution >= 4 is 0 Å². The van der Waals surface area contributed by atoms with E-state index in [2.05, 4.69) is 4.98 Å². The maximum Gasteiger partial charge on any atom is 0.328 e. The van der Waals surface area contributed by atoms with Gasteiger partial charge in [0.1, 0.15) is 0 Å². The molecule has 17 heavy (non-hydrogen) atoms. The van der Waals surface area contributed by atoms with E-state index in [4.69, 9.17) is 9.84 Å². The molecule has 2 rings (SSSR count). The molecule has 6 nitrogen and oxygen atoms in total. The first-order valence-electron chi connectivity index (χ1n) is 5.66. The zero-order valence-electron chi connectivity index (χ0n) is 9.63. The number of hydrogen-bond acceptors (Lipinski definition) is 4. The molecule has 0 aromatic carbocycles. The van der Waals surface area contributed by atoms with Crippen LogP contribution in [-0.2, 0) is 11.3 Å². The number of nitrogens with zero attached hydrogens (tertiary/aromatic N) is 1. The van der Waals surface area contributed by atoms with E-state index in [1.54, 1.807) is 0 Å². The van der Waals surface area contributed by atoms with E-state index in [0.29, 0.717) is 6.54 Å². The molecule has 1 fully saturated rings. The second-order valence-electron chi connectivity index (χ2n) is 4.45. The van der Waals surface area contributed by atoms with Gasteiger partial charge in [0, 0.05) is 12.3 Å². The number of rotatable bonds is 3. The Balaban J connectivity index is 2.11. The Bertz CT molecular complexity index is 493. The predicted molar refractivity (Wildman–Crippen MR) is 60.9 cm³/mol. The zero-order valence-corrected chi connectivity index (χ0v) is 9.63. The van der Waals surface area contributed by atoms with Gasteiger partial charge < -0.3 is 9.84 Å². The minimum Gasteiger partial charge on any atom is -0.394 e. The van der Waals surface area contributed by atoms with E-state index in [1.165, 1.54) is 16.8 Å². The maximum atomic E-state index is 11.5. The van der Waals surface area contributed by atoms with Crippen LogP contribution in [0.2, 0.25) is 0 Å². The fourth-order valence-electron chi connectivity index (χ4n) is 2.13. The lowest BCUT2D eigenvalue weighted by atomic mass is 10.0. The fourth-order valence-corrected chi connectivity index (χ4v) is 2.13. The standard InChI is InChI=1S/C11H16N2O4/c1-7-4-8(6-14)17-9(7)5-13-3-2-10(15)12-11(13)16/h2-3,7-9,14H,4-6H2,1H3,(H,12,15,16)/t7-,8-,9-/m0/s1. The first kappa shape index (κ1) is 12.1. The molecule has 0 amide bonds. The Hall–Kier alpha value is -1.40. The monoisotopic (exact) mass is 240 g/mol. The molecule has 2 heterocycles. The molecule has 1 saturated heterocycles. The Morgan fingerprint density at radius 1 is 1.59 bits per heavy atom. The Kier molecular flexibility index (Phi) is 3.44. The summed E-state index contributed by atoms with van der Waals surface area (Å²) in [5, 5.41) is 9.02. The van der Waals surface area contributed by atoms with Crippen molar-refractivity contribution in [1.29, 1.82) is 0 Å². The zero-order chi connectivity index (χ0) is 12.4. The van der Waals surface area contributed by atoms with E-state index in [-0.39, 0.29) is 24.7 Å². The van der Waals surface area contributed by atoms with Crippen molar-refractivity contribution in [2.24, 2.45) is 5.92 Å². The van der Waals surface area contributed by atoms with Gasteiger partial charge in [-0.1, -0.05) is 6.92 Å². The minimum atomic E-state index is -0.430. The lowest BCUT2D eigenvalue weighted by Crippen LogP contribution is -2.33. The molecule has 2 N–H and O–H groups in total. The molecule has 0 radical (unpaired) electrons. The first-order valence-corrected chi connectivity index (χ1v) is 5.66. The molecule has 1 aromatic rings. The topological polar surface area (TPSA) is 84.3 Å². The molecule has 3 atom stereocenters. The maximum absolute atomic E-state index is 11.5. The summed E-state index contributed by atoms with van der Waals surface area (Å²) in [7, 11) is 0. The number of aliphatic hydroxyl groups excluding tert-OH is 1. The van der Waals surface area contributed by atoms with E-state index in [0.717, 1.165) is 6.42 Å². The third kappa shape index (κ3) is 2.65. The average Bonchev–Trinajstić information content (AvgIpc) is 2.64. The van der Waals surface area contributed by atoms with Gasteiger partial charge >= 0.3 is 5.69 Å². The van der Waals surface area contributed by atoms with Gasteiger partial charge in [0.15, 0.2) is 0 Å². The Morgan fingerprint density at radius 2 is 2.35 bits per heavy atom. The highest BCUT2D eigenvalue weighted by Gasteiger charge is 2.31. The van der Waals surface area contributed by atoms with Gasteiger partial charge in [0.05, 0.1) is 25.4 Å². The lowest BCUT2D eigenvalue weighted by molar-refractivity contribution is -0.00176. The van der Waals surface area contributed by atoms with Crippen LogP contribution in [0.15, 0.2) is 21.9 Å². The smallest absolute Gasteiger partial charge is 0.328 e. The van der Waals surface area contributed by atoms with Crippen molar-refractivity contribution in [1.82, 2.24) is 9.55 Å². The van der Waals surface area contributed by atoms with Crippen molar-refractivity contribution in [2.45, 2.75) is 32.1 Å². The van der Waals surface area contributed by atoms with E-state index < -0.39 is 11.2 Å². The third-order valence-electron chi connectivity index (χ3n) is 3.11.